The van der Waals surface area contributed by atoms with Crippen LogP contribution in [0.2, 0.25) is 0 Å². The van der Waals surface area contributed by atoms with E-state index in [1.807, 2.05) is 24.3 Å². The summed E-state index contributed by atoms with van der Waals surface area (Å²) in [7, 11) is 0. The Kier molecular flexibility index (Phi) is 3.64. The van der Waals surface area contributed by atoms with Crippen LogP contribution in [0.15, 0.2) is 29.4 Å². The number of benzene rings is 1. The smallest absolute Gasteiger partial charge is 0.170 e. The zero-order valence-corrected chi connectivity index (χ0v) is 10.1. The van der Waals surface area contributed by atoms with Crippen LogP contribution in [0.1, 0.15) is 30.9 Å². The van der Waals surface area contributed by atoms with E-state index in [1.165, 1.54) is 12.8 Å². The zero-order valence-electron chi connectivity index (χ0n) is 10.1. The fourth-order valence-corrected chi connectivity index (χ4v) is 1.94. The van der Waals surface area contributed by atoms with Gasteiger partial charge in [-0.15, -0.1) is 0 Å². The van der Waals surface area contributed by atoms with Crippen LogP contribution in [0.4, 0.5) is 0 Å². The lowest BCUT2D eigenvalue weighted by Gasteiger charge is -2.13. The van der Waals surface area contributed by atoms with E-state index < -0.39 is 0 Å². The molecule has 1 atom stereocenters. The first-order valence-corrected chi connectivity index (χ1v) is 6.01. The van der Waals surface area contributed by atoms with Crippen LogP contribution in [-0.2, 0) is 6.54 Å². The van der Waals surface area contributed by atoms with Gasteiger partial charge in [0.1, 0.15) is 0 Å². The minimum atomic E-state index is 0.155. The summed E-state index contributed by atoms with van der Waals surface area (Å²) in [5.74, 6) is 1.00. The van der Waals surface area contributed by atoms with E-state index in [0.29, 0.717) is 6.04 Å². The molecule has 1 aromatic carbocycles. The molecule has 1 aliphatic rings. The van der Waals surface area contributed by atoms with Crippen LogP contribution in [0.3, 0.4) is 0 Å². The maximum Gasteiger partial charge on any atom is 0.170 e. The molecule has 17 heavy (non-hydrogen) atoms. The Bertz CT molecular complexity index is 413. The highest BCUT2D eigenvalue weighted by molar-refractivity contribution is 5.97. The first kappa shape index (κ1) is 11.9. The molecule has 2 rings (SSSR count). The molecule has 4 nitrogen and oxygen atoms in total. The topological polar surface area (TPSA) is 70.6 Å². The van der Waals surface area contributed by atoms with Gasteiger partial charge in [0.05, 0.1) is 0 Å². The van der Waals surface area contributed by atoms with Gasteiger partial charge in [0.2, 0.25) is 0 Å². The molecule has 4 heteroatoms. The second kappa shape index (κ2) is 5.19. The van der Waals surface area contributed by atoms with Gasteiger partial charge in [-0.1, -0.05) is 23.4 Å². The van der Waals surface area contributed by atoms with Crippen LogP contribution < -0.4 is 11.1 Å². The van der Waals surface area contributed by atoms with Gasteiger partial charge in [0.25, 0.3) is 0 Å². The molecule has 4 N–H and O–H groups in total. The number of nitrogens with one attached hydrogen (secondary N) is 1. The molecule has 0 saturated heterocycles. The molecule has 1 aliphatic carbocycles. The monoisotopic (exact) mass is 233 g/mol. The van der Waals surface area contributed by atoms with Crippen molar-refractivity contribution in [1.82, 2.24) is 5.32 Å². The van der Waals surface area contributed by atoms with Crippen molar-refractivity contribution in [3.8, 4) is 0 Å². The number of hydrogen-bond acceptors (Lipinski definition) is 3. The summed E-state index contributed by atoms with van der Waals surface area (Å²) in [6, 6.07) is 8.32. The van der Waals surface area contributed by atoms with Crippen LogP contribution in [0.25, 0.3) is 0 Å². The quantitative estimate of drug-likeness (QED) is 0.313. The molecule has 1 fully saturated rings. The Morgan fingerprint density at radius 2 is 2.35 bits per heavy atom. The maximum absolute atomic E-state index is 8.63. The summed E-state index contributed by atoms with van der Waals surface area (Å²) in [6.45, 7) is 3.05. The molecule has 0 aromatic heterocycles. The Labute approximate surface area is 102 Å². The van der Waals surface area contributed by atoms with Crippen molar-refractivity contribution < 1.29 is 5.21 Å². The van der Waals surface area contributed by atoms with E-state index >= 15 is 0 Å². The van der Waals surface area contributed by atoms with Crippen molar-refractivity contribution >= 4 is 5.84 Å². The molecule has 0 spiro atoms. The van der Waals surface area contributed by atoms with Gasteiger partial charge >= 0.3 is 0 Å². The van der Waals surface area contributed by atoms with E-state index in [1.54, 1.807) is 0 Å². The zero-order chi connectivity index (χ0) is 12.3. The Morgan fingerprint density at radius 3 is 3.00 bits per heavy atom. The second-order valence-corrected chi connectivity index (χ2v) is 4.69. The van der Waals surface area contributed by atoms with Crippen molar-refractivity contribution in [1.29, 1.82) is 0 Å². The van der Waals surface area contributed by atoms with Crippen LogP contribution >= 0.6 is 0 Å². The van der Waals surface area contributed by atoms with Crippen molar-refractivity contribution in [3.05, 3.63) is 35.4 Å². The Hall–Kier alpha value is -1.55. The van der Waals surface area contributed by atoms with E-state index in [9.17, 15) is 0 Å². The van der Waals surface area contributed by atoms with Gasteiger partial charge in [0.15, 0.2) is 5.84 Å². The molecular formula is C13H19N3O. The van der Waals surface area contributed by atoms with Gasteiger partial charge in [-0.3, -0.25) is 0 Å². The number of amidine groups is 1. The van der Waals surface area contributed by atoms with Crippen molar-refractivity contribution in [2.75, 3.05) is 0 Å². The molecule has 0 amide bonds. The number of nitrogens with two attached hydrogens (primary N) is 1. The first-order valence-electron chi connectivity index (χ1n) is 6.01. The van der Waals surface area contributed by atoms with Gasteiger partial charge in [-0.2, -0.15) is 0 Å². The number of oxime groups is 1. The lowest BCUT2D eigenvalue weighted by Crippen LogP contribution is -2.27. The SMILES string of the molecule is CC(NCc1cccc(C(N)=NO)c1)C1CC1. The molecule has 1 saturated carbocycles. The second-order valence-electron chi connectivity index (χ2n) is 4.69. The third-order valence-corrected chi connectivity index (χ3v) is 3.29. The van der Waals surface area contributed by atoms with Gasteiger partial charge in [0, 0.05) is 18.2 Å². The van der Waals surface area contributed by atoms with E-state index in [4.69, 9.17) is 10.9 Å². The highest BCUT2D eigenvalue weighted by Gasteiger charge is 2.27. The number of hydrogen-bond donors (Lipinski definition) is 3. The summed E-state index contributed by atoms with van der Waals surface area (Å²) in [4.78, 5) is 0. The Balaban J connectivity index is 1.95. The summed E-state index contributed by atoms with van der Waals surface area (Å²) in [6.07, 6.45) is 2.69. The van der Waals surface area contributed by atoms with Gasteiger partial charge < -0.3 is 16.3 Å². The average molecular weight is 233 g/mol. The van der Waals surface area contributed by atoms with Gasteiger partial charge in [-0.25, -0.2) is 0 Å². The van der Waals surface area contributed by atoms with Crippen LogP contribution in [0.5, 0.6) is 0 Å². The molecule has 0 heterocycles. The fourth-order valence-electron chi connectivity index (χ4n) is 1.94. The molecule has 0 radical (unpaired) electrons. The first-order chi connectivity index (χ1) is 8.20. The van der Waals surface area contributed by atoms with Crippen molar-refractivity contribution in [3.63, 3.8) is 0 Å². The highest BCUT2D eigenvalue weighted by Crippen LogP contribution is 2.32. The van der Waals surface area contributed by atoms with Crippen molar-refractivity contribution in [2.24, 2.45) is 16.8 Å². The number of nitrogens with zero attached hydrogens (tertiary/aromatic N) is 1. The summed E-state index contributed by atoms with van der Waals surface area (Å²) >= 11 is 0. The Morgan fingerprint density at radius 1 is 1.59 bits per heavy atom. The largest absolute Gasteiger partial charge is 0.409 e. The molecule has 1 unspecified atom stereocenters. The normalized spacial score (nSPS) is 18.1. The minimum absolute atomic E-state index is 0.155. The highest BCUT2D eigenvalue weighted by atomic mass is 16.4. The molecule has 92 valence electrons. The average Bonchev–Trinajstić information content (AvgIpc) is 3.19. The lowest BCUT2D eigenvalue weighted by atomic mass is 10.1. The third kappa shape index (κ3) is 3.20. The third-order valence-electron chi connectivity index (χ3n) is 3.29. The maximum atomic E-state index is 8.63. The van der Waals surface area contributed by atoms with Crippen LogP contribution in [0, 0.1) is 5.92 Å². The van der Waals surface area contributed by atoms with Crippen LogP contribution in [-0.4, -0.2) is 17.1 Å². The summed E-state index contributed by atoms with van der Waals surface area (Å²) in [5.41, 5.74) is 7.47. The lowest BCUT2D eigenvalue weighted by molar-refractivity contribution is 0.318. The molecule has 1 aromatic rings. The van der Waals surface area contributed by atoms with E-state index in [-0.39, 0.29) is 5.84 Å². The van der Waals surface area contributed by atoms with E-state index in [2.05, 4.69) is 17.4 Å². The predicted molar refractivity (Wildman–Crippen MR) is 68.0 cm³/mol. The van der Waals surface area contributed by atoms with Gasteiger partial charge in [-0.05, 0) is 37.3 Å². The minimum Gasteiger partial charge on any atom is -0.409 e. The summed E-state index contributed by atoms with van der Waals surface area (Å²) in [5, 5.41) is 15.1. The number of rotatable bonds is 5. The molecule has 0 bridgehead atoms. The summed E-state index contributed by atoms with van der Waals surface area (Å²) < 4.78 is 0. The fraction of sp³-hybridized carbons (Fsp3) is 0.462. The predicted octanol–water partition coefficient (Wildman–Crippen LogP) is 1.67. The van der Waals surface area contributed by atoms with E-state index in [0.717, 1.165) is 23.6 Å². The molecular weight excluding hydrogens is 214 g/mol. The standard InChI is InChI=1S/C13H19N3O/c1-9(11-5-6-11)15-8-10-3-2-4-12(7-10)13(14)16-17/h2-4,7,9,11,15,17H,5-6,8H2,1H3,(H2,14,16). The molecule has 0 aliphatic heterocycles. The van der Waals surface area contributed by atoms with Crippen molar-refractivity contribution in [2.45, 2.75) is 32.4 Å².